The van der Waals surface area contributed by atoms with Gasteiger partial charge in [0, 0.05) is 12.5 Å². The zero-order valence-electron chi connectivity index (χ0n) is 9.63. The molecule has 0 aliphatic heterocycles. The first-order valence-corrected chi connectivity index (χ1v) is 4.99. The van der Waals surface area contributed by atoms with Crippen molar-refractivity contribution in [3.05, 3.63) is 29.6 Å². The molecule has 0 saturated heterocycles. The predicted molar refractivity (Wildman–Crippen MR) is 62.4 cm³/mol. The molecule has 0 aliphatic carbocycles. The molecule has 104 valence electrons. The molecule has 0 radical (unpaired) electrons. The molecule has 1 rings (SSSR count). The SMILES string of the molecule is COc1cc([C@@H](N)CCC(F)(F)F)ccc1F.Cl. The summed E-state index contributed by atoms with van der Waals surface area (Å²) >= 11 is 0. The summed E-state index contributed by atoms with van der Waals surface area (Å²) in [6.45, 7) is 0. The molecule has 0 amide bonds. The molecule has 0 saturated carbocycles. The third-order valence-electron chi connectivity index (χ3n) is 2.34. The van der Waals surface area contributed by atoms with Gasteiger partial charge in [0.2, 0.25) is 0 Å². The smallest absolute Gasteiger partial charge is 0.389 e. The summed E-state index contributed by atoms with van der Waals surface area (Å²) in [4.78, 5) is 0. The minimum atomic E-state index is -4.23. The summed E-state index contributed by atoms with van der Waals surface area (Å²) in [6, 6.07) is 3.02. The van der Waals surface area contributed by atoms with Crippen LogP contribution in [0, 0.1) is 5.82 Å². The first-order chi connectivity index (χ1) is 7.83. The van der Waals surface area contributed by atoms with Crippen LogP contribution in [0.15, 0.2) is 18.2 Å². The molecule has 2 N–H and O–H groups in total. The van der Waals surface area contributed by atoms with Gasteiger partial charge in [0.15, 0.2) is 11.6 Å². The van der Waals surface area contributed by atoms with Gasteiger partial charge in [-0.3, -0.25) is 0 Å². The zero-order chi connectivity index (χ0) is 13.1. The Morgan fingerprint density at radius 2 is 1.94 bits per heavy atom. The van der Waals surface area contributed by atoms with Crippen LogP contribution in [0.1, 0.15) is 24.4 Å². The second-order valence-corrected chi connectivity index (χ2v) is 3.65. The van der Waals surface area contributed by atoms with Crippen molar-refractivity contribution in [2.75, 3.05) is 7.11 Å². The van der Waals surface area contributed by atoms with E-state index in [0.29, 0.717) is 5.56 Å². The Balaban J connectivity index is 0.00000289. The lowest BCUT2D eigenvalue weighted by atomic mass is 10.0. The summed E-state index contributed by atoms with van der Waals surface area (Å²) in [5, 5.41) is 0. The number of methoxy groups -OCH3 is 1. The van der Waals surface area contributed by atoms with Gasteiger partial charge in [-0.1, -0.05) is 6.07 Å². The van der Waals surface area contributed by atoms with E-state index in [1.54, 1.807) is 0 Å². The Morgan fingerprint density at radius 3 is 2.44 bits per heavy atom. The minimum absolute atomic E-state index is 0. The summed E-state index contributed by atoms with van der Waals surface area (Å²) in [5.41, 5.74) is 6.02. The second-order valence-electron chi connectivity index (χ2n) is 3.65. The van der Waals surface area contributed by atoms with Crippen molar-refractivity contribution in [2.45, 2.75) is 25.1 Å². The van der Waals surface area contributed by atoms with Crippen LogP contribution in [-0.2, 0) is 0 Å². The van der Waals surface area contributed by atoms with Gasteiger partial charge in [0.25, 0.3) is 0 Å². The van der Waals surface area contributed by atoms with E-state index in [9.17, 15) is 17.6 Å². The van der Waals surface area contributed by atoms with E-state index < -0.39 is 24.5 Å². The van der Waals surface area contributed by atoms with Gasteiger partial charge < -0.3 is 10.5 Å². The first-order valence-electron chi connectivity index (χ1n) is 4.99. The summed E-state index contributed by atoms with van der Waals surface area (Å²) in [7, 11) is 1.28. The molecule has 0 fully saturated rings. The maximum absolute atomic E-state index is 13.1. The van der Waals surface area contributed by atoms with Crippen LogP contribution in [0.3, 0.4) is 0 Å². The number of rotatable bonds is 4. The molecule has 2 nitrogen and oxygen atoms in total. The lowest BCUT2D eigenvalue weighted by Gasteiger charge is -2.14. The molecule has 1 atom stereocenters. The van der Waals surface area contributed by atoms with E-state index in [1.807, 2.05) is 0 Å². The molecule has 1 aromatic rings. The number of ether oxygens (including phenoxy) is 1. The number of benzene rings is 1. The van der Waals surface area contributed by atoms with Crippen LogP contribution < -0.4 is 10.5 Å². The molecule has 18 heavy (non-hydrogen) atoms. The van der Waals surface area contributed by atoms with Crippen molar-refractivity contribution in [1.29, 1.82) is 0 Å². The molecule has 1 aromatic carbocycles. The minimum Gasteiger partial charge on any atom is -0.494 e. The predicted octanol–water partition coefficient (Wildman–Crippen LogP) is 3.60. The normalized spacial score (nSPS) is 12.8. The number of alkyl halides is 3. The number of halogens is 5. The van der Waals surface area contributed by atoms with Gasteiger partial charge in [-0.2, -0.15) is 13.2 Å². The highest BCUT2D eigenvalue weighted by Gasteiger charge is 2.27. The fourth-order valence-corrected chi connectivity index (χ4v) is 1.39. The van der Waals surface area contributed by atoms with Crippen LogP contribution in [0.5, 0.6) is 5.75 Å². The molecule has 0 heterocycles. The Labute approximate surface area is 109 Å². The molecule has 0 aromatic heterocycles. The van der Waals surface area contributed by atoms with Crippen molar-refractivity contribution >= 4 is 12.4 Å². The van der Waals surface area contributed by atoms with E-state index in [0.717, 1.165) is 6.07 Å². The van der Waals surface area contributed by atoms with Gasteiger partial charge in [0.1, 0.15) is 0 Å². The van der Waals surface area contributed by atoms with Gasteiger partial charge >= 0.3 is 6.18 Å². The highest BCUT2D eigenvalue weighted by molar-refractivity contribution is 5.85. The van der Waals surface area contributed by atoms with E-state index in [1.165, 1.54) is 19.2 Å². The van der Waals surface area contributed by atoms with E-state index in [2.05, 4.69) is 0 Å². The number of nitrogens with two attached hydrogens (primary N) is 1. The Bertz CT molecular complexity index is 384. The van der Waals surface area contributed by atoms with Crippen LogP contribution in [0.2, 0.25) is 0 Å². The quantitative estimate of drug-likeness (QED) is 0.859. The van der Waals surface area contributed by atoms with Crippen molar-refractivity contribution in [3.63, 3.8) is 0 Å². The monoisotopic (exact) mass is 287 g/mol. The maximum Gasteiger partial charge on any atom is 0.389 e. The number of hydrogen-bond acceptors (Lipinski definition) is 2. The molecule has 0 spiro atoms. The standard InChI is InChI=1S/C11H13F4NO.ClH/c1-17-10-6-7(2-3-8(10)12)9(16)4-5-11(13,14)15;/h2-3,6,9H,4-5,16H2,1H3;1H/t9-;/m0./s1. The average molecular weight is 288 g/mol. The largest absolute Gasteiger partial charge is 0.494 e. The lowest BCUT2D eigenvalue weighted by molar-refractivity contribution is -0.136. The summed E-state index contributed by atoms with van der Waals surface area (Å²) in [6.07, 6.45) is -5.44. The first kappa shape index (κ1) is 17.0. The number of hydrogen-bond donors (Lipinski definition) is 1. The van der Waals surface area contributed by atoms with Gasteiger partial charge in [-0.15, -0.1) is 12.4 Å². The van der Waals surface area contributed by atoms with Crippen molar-refractivity contribution < 1.29 is 22.3 Å². The Kier molecular flexibility index (Phi) is 6.42. The molecule has 0 bridgehead atoms. The molecular weight excluding hydrogens is 274 g/mol. The van der Waals surface area contributed by atoms with Gasteiger partial charge in [-0.25, -0.2) is 4.39 Å². The molecule has 0 aliphatic rings. The van der Waals surface area contributed by atoms with Crippen LogP contribution >= 0.6 is 12.4 Å². The Hall–Kier alpha value is -1.01. The zero-order valence-corrected chi connectivity index (χ0v) is 10.4. The second kappa shape index (κ2) is 6.80. The highest BCUT2D eigenvalue weighted by atomic mass is 35.5. The third kappa shape index (κ3) is 5.10. The van der Waals surface area contributed by atoms with Crippen LogP contribution in [0.25, 0.3) is 0 Å². The fraction of sp³-hybridized carbons (Fsp3) is 0.455. The summed E-state index contributed by atoms with van der Waals surface area (Å²) < 4.78 is 53.8. The van der Waals surface area contributed by atoms with Crippen molar-refractivity contribution in [2.24, 2.45) is 5.73 Å². The molecule has 0 unspecified atom stereocenters. The van der Waals surface area contributed by atoms with Crippen LogP contribution in [0.4, 0.5) is 17.6 Å². The lowest BCUT2D eigenvalue weighted by Crippen LogP contribution is -2.16. The van der Waals surface area contributed by atoms with Crippen molar-refractivity contribution in [1.82, 2.24) is 0 Å². The Morgan fingerprint density at radius 1 is 1.33 bits per heavy atom. The summed E-state index contributed by atoms with van der Waals surface area (Å²) in [5.74, 6) is -0.593. The average Bonchev–Trinajstić information content (AvgIpc) is 2.25. The fourth-order valence-electron chi connectivity index (χ4n) is 1.39. The van der Waals surface area contributed by atoms with Crippen LogP contribution in [-0.4, -0.2) is 13.3 Å². The highest BCUT2D eigenvalue weighted by Crippen LogP contribution is 2.28. The molecular formula is C11H14ClF4NO. The maximum atomic E-state index is 13.1. The van der Waals surface area contributed by atoms with Gasteiger partial charge in [0.05, 0.1) is 7.11 Å². The van der Waals surface area contributed by atoms with E-state index in [4.69, 9.17) is 10.5 Å². The van der Waals surface area contributed by atoms with E-state index >= 15 is 0 Å². The van der Waals surface area contributed by atoms with E-state index in [-0.39, 0.29) is 24.6 Å². The van der Waals surface area contributed by atoms with Gasteiger partial charge in [-0.05, 0) is 24.1 Å². The third-order valence-corrected chi connectivity index (χ3v) is 2.34. The molecule has 7 heteroatoms. The topological polar surface area (TPSA) is 35.2 Å². The van der Waals surface area contributed by atoms with Crippen molar-refractivity contribution in [3.8, 4) is 5.75 Å².